The maximum absolute atomic E-state index is 12.7. The van der Waals surface area contributed by atoms with Gasteiger partial charge in [0, 0.05) is 32.1 Å². The molecule has 0 spiro atoms. The number of benzene rings is 1. The van der Waals surface area contributed by atoms with Gasteiger partial charge in [0.2, 0.25) is 0 Å². The van der Waals surface area contributed by atoms with E-state index in [1.54, 1.807) is 31.4 Å². The number of nitrogens with zero attached hydrogens (tertiary/aromatic N) is 1. The molecule has 2 aromatic rings. The van der Waals surface area contributed by atoms with Crippen molar-refractivity contribution in [1.82, 2.24) is 15.3 Å². The van der Waals surface area contributed by atoms with Gasteiger partial charge in [-0.25, -0.2) is 13.4 Å². The molecule has 2 N–H and O–H groups in total. The topological polar surface area (TPSA) is 101 Å². The van der Waals surface area contributed by atoms with Gasteiger partial charge < -0.3 is 15.0 Å². The molecule has 0 aliphatic rings. The SMILES string of the molecule is C=c1[nH]c(-c2cccc(S(C)(=O)=O)c2)n/c1=C(/C=C\CC)C(=O)NCCCOC. The van der Waals surface area contributed by atoms with Crippen molar-refractivity contribution < 1.29 is 17.9 Å². The van der Waals surface area contributed by atoms with E-state index in [4.69, 9.17) is 4.74 Å². The van der Waals surface area contributed by atoms with Crippen molar-refractivity contribution in [2.75, 3.05) is 26.5 Å². The summed E-state index contributed by atoms with van der Waals surface area (Å²) in [7, 11) is -1.73. The number of hydrogen-bond donors (Lipinski definition) is 2. The zero-order chi connectivity index (χ0) is 21.4. The summed E-state index contributed by atoms with van der Waals surface area (Å²) in [6.07, 6.45) is 6.23. The number of ether oxygens (including phenoxy) is 1. The number of methoxy groups -OCH3 is 1. The van der Waals surface area contributed by atoms with Crippen molar-refractivity contribution in [3.63, 3.8) is 0 Å². The Morgan fingerprint density at radius 2 is 2.14 bits per heavy atom. The van der Waals surface area contributed by atoms with Gasteiger partial charge in [-0.3, -0.25) is 4.79 Å². The van der Waals surface area contributed by atoms with Crippen molar-refractivity contribution in [1.29, 1.82) is 0 Å². The Morgan fingerprint density at radius 3 is 2.79 bits per heavy atom. The number of hydrogen-bond acceptors (Lipinski definition) is 5. The second-order valence-corrected chi connectivity index (χ2v) is 8.55. The van der Waals surface area contributed by atoms with Crippen LogP contribution in [0.1, 0.15) is 19.8 Å². The van der Waals surface area contributed by atoms with E-state index >= 15 is 0 Å². The van der Waals surface area contributed by atoms with Crippen molar-refractivity contribution in [3.8, 4) is 11.4 Å². The van der Waals surface area contributed by atoms with E-state index in [1.807, 2.05) is 13.0 Å². The third-order valence-electron chi connectivity index (χ3n) is 4.15. The van der Waals surface area contributed by atoms with E-state index < -0.39 is 9.84 Å². The molecular weight excluding hydrogens is 390 g/mol. The molecule has 0 fully saturated rings. The van der Waals surface area contributed by atoms with Crippen LogP contribution in [0.5, 0.6) is 0 Å². The van der Waals surface area contributed by atoms with Gasteiger partial charge in [-0.05, 0) is 25.0 Å². The lowest BCUT2D eigenvalue weighted by atomic mass is 10.2. The van der Waals surface area contributed by atoms with Crippen LogP contribution in [-0.2, 0) is 19.4 Å². The van der Waals surface area contributed by atoms with Gasteiger partial charge in [-0.1, -0.05) is 37.8 Å². The number of allylic oxidation sites excluding steroid dienone is 1. The average molecular weight is 418 g/mol. The molecule has 2 rings (SSSR count). The molecule has 0 saturated heterocycles. The molecule has 0 bridgehead atoms. The Morgan fingerprint density at radius 1 is 1.38 bits per heavy atom. The molecule has 1 amide bonds. The predicted octanol–water partition coefficient (Wildman–Crippen LogP) is 1.16. The number of nitrogens with one attached hydrogen (secondary N) is 2. The van der Waals surface area contributed by atoms with Crippen LogP contribution < -0.4 is 16.0 Å². The lowest BCUT2D eigenvalue weighted by Crippen LogP contribution is -2.34. The Kier molecular flexibility index (Phi) is 7.92. The molecule has 0 saturated carbocycles. The fourth-order valence-electron chi connectivity index (χ4n) is 2.65. The highest BCUT2D eigenvalue weighted by atomic mass is 32.2. The summed E-state index contributed by atoms with van der Waals surface area (Å²) in [5.41, 5.74) is 0.999. The third-order valence-corrected chi connectivity index (χ3v) is 5.26. The summed E-state index contributed by atoms with van der Waals surface area (Å²) in [5, 5.41) is 3.77. The highest BCUT2D eigenvalue weighted by molar-refractivity contribution is 7.90. The number of amides is 1. The minimum absolute atomic E-state index is 0.199. The maximum Gasteiger partial charge on any atom is 0.253 e. The van der Waals surface area contributed by atoms with Gasteiger partial charge in [-0.15, -0.1) is 0 Å². The summed E-state index contributed by atoms with van der Waals surface area (Å²) in [4.78, 5) is 20.5. The molecule has 7 nitrogen and oxygen atoms in total. The number of carbonyl (C=O) groups is 1. The number of carbonyl (C=O) groups excluding carboxylic acids is 1. The van der Waals surface area contributed by atoms with Crippen LogP contribution >= 0.6 is 0 Å². The number of H-pyrrole nitrogens is 1. The van der Waals surface area contributed by atoms with E-state index in [0.29, 0.717) is 47.2 Å². The molecule has 0 unspecified atom stereocenters. The van der Waals surface area contributed by atoms with E-state index in [-0.39, 0.29) is 10.8 Å². The van der Waals surface area contributed by atoms with Crippen molar-refractivity contribution in [3.05, 3.63) is 47.1 Å². The van der Waals surface area contributed by atoms with E-state index in [2.05, 4.69) is 21.9 Å². The van der Waals surface area contributed by atoms with Crippen LogP contribution in [0.4, 0.5) is 0 Å². The number of aromatic nitrogens is 2. The van der Waals surface area contributed by atoms with Gasteiger partial charge in [-0.2, -0.15) is 0 Å². The maximum atomic E-state index is 12.7. The quantitative estimate of drug-likeness (QED) is 0.596. The Balaban J connectivity index is 2.49. The Hall–Kier alpha value is -2.71. The zero-order valence-electron chi connectivity index (χ0n) is 17.0. The van der Waals surface area contributed by atoms with Gasteiger partial charge in [0.05, 0.1) is 15.8 Å². The standard InChI is InChI=1S/C21H27N3O4S/c1-5-6-11-18(21(25)22-12-8-13-28-3)19-15(2)23-20(24-19)16-9-7-10-17(14-16)29(4,26)27/h6-7,9-11,14H,2,5,8,12-13H2,1,3-4H3,(H,22,25)(H,23,24)/b11-6-,19-18-. The molecule has 1 heterocycles. The van der Waals surface area contributed by atoms with E-state index in [1.165, 1.54) is 6.07 Å². The van der Waals surface area contributed by atoms with Crippen LogP contribution in [0.2, 0.25) is 0 Å². The summed E-state index contributed by atoms with van der Waals surface area (Å²) < 4.78 is 28.7. The number of rotatable bonds is 9. The molecule has 0 radical (unpaired) electrons. The predicted molar refractivity (Wildman–Crippen MR) is 114 cm³/mol. The smallest absolute Gasteiger partial charge is 0.253 e. The highest BCUT2D eigenvalue weighted by Crippen LogP contribution is 2.18. The van der Waals surface area contributed by atoms with Gasteiger partial charge in [0.15, 0.2) is 9.84 Å². The molecule has 1 aromatic carbocycles. The van der Waals surface area contributed by atoms with Crippen LogP contribution in [0, 0.1) is 0 Å². The average Bonchev–Trinajstić information content (AvgIpc) is 3.06. The monoisotopic (exact) mass is 417 g/mol. The molecule has 0 atom stereocenters. The fourth-order valence-corrected chi connectivity index (χ4v) is 3.32. The number of sulfone groups is 1. The minimum Gasteiger partial charge on any atom is -0.385 e. The van der Waals surface area contributed by atoms with E-state index in [9.17, 15) is 13.2 Å². The van der Waals surface area contributed by atoms with Crippen LogP contribution in [-0.4, -0.2) is 50.8 Å². The van der Waals surface area contributed by atoms with Gasteiger partial charge in [0.25, 0.3) is 5.91 Å². The molecule has 8 heteroatoms. The number of imidazole rings is 1. The molecule has 0 aliphatic carbocycles. The lowest BCUT2D eigenvalue weighted by molar-refractivity contribution is -0.115. The second-order valence-electron chi connectivity index (χ2n) is 6.54. The minimum atomic E-state index is -3.34. The summed E-state index contributed by atoms with van der Waals surface area (Å²) >= 11 is 0. The van der Waals surface area contributed by atoms with Crippen LogP contribution in [0.15, 0.2) is 41.3 Å². The first kappa shape index (κ1) is 22.6. The molecule has 1 aromatic heterocycles. The first-order valence-corrected chi connectivity index (χ1v) is 11.2. The third kappa shape index (κ3) is 6.13. The molecule has 156 valence electrons. The summed E-state index contributed by atoms with van der Waals surface area (Å²) in [6, 6.07) is 6.48. The Labute approximate surface area is 171 Å². The van der Waals surface area contributed by atoms with Gasteiger partial charge >= 0.3 is 0 Å². The van der Waals surface area contributed by atoms with Crippen molar-refractivity contribution in [2.24, 2.45) is 0 Å². The lowest BCUT2D eigenvalue weighted by Gasteiger charge is -2.05. The van der Waals surface area contributed by atoms with Gasteiger partial charge in [0.1, 0.15) is 11.2 Å². The zero-order valence-corrected chi connectivity index (χ0v) is 17.8. The first-order chi connectivity index (χ1) is 13.8. The van der Waals surface area contributed by atoms with E-state index in [0.717, 1.165) is 12.7 Å². The van der Waals surface area contributed by atoms with Crippen molar-refractivity contribution >= 4 is 27.9 Å². The second kappa shape index (κ2) is 10.2. The molecule has 29 heavy (non-hydrogen) atoms. The first-order valence-electron chi connectivity index (χ1n) is 9.31. The number of aromatic amines is 1. The fraction of sp³-hybridized carbons (Fsp3) is 0.333. The normalized spacial score (nSPS) is 12.9. The summed E-state index contributed by atoms with van der Waals surface area (Å²) in [5.74, 6) is 0.198. The van der Waals surface area contributed by atoms with Crippen LogP contribution in [0.25, 0.3) is 23.5 Å². The molecular formula is C21H27N3O4S. The van der Waals surface area contributed by atoms with Crippen LogP contribution in [0.3, 0.4) is 0 Å². The summed E-state index contributed by atoms with van der Waals surface area (Å²) in [6.45, 7) is 6.98. The van der Waals surface area contributed by atoms with Crippen molar-refractivity contribution in [2.45, 2.75) is 24.7 Å². The Bertz CT molecular complexity index is 1100. The largest absolute Gasteiger partial charge is 0.385 e. The highest BCUT2D eigenvalue weighted by Gasteiger charge is 2.13. The molecule has 0 aliphatic heterocycles.